The normalized spacial score (nSPS) is 12.9. The van der Waals surface area contributed by atoms with Gasteiger partial charge in [-0.25, -0.2) is 9.59 Å². The first-order valence-corrected chi connectivity index (χ1v) is 6.13. The van der Waals surface area contributed by atoms with Crippen LogP contribution in [0.2, 0.25) is 0 Å². The van der Waals surface area contributed by atoms with Crippen LogP contribution >= 0.6 is 0 Å². The number of carboxylic acid groups (broad SMARTS) is 1. The molecule has 2 amide bonds. The van der Waals surface area contributed by atoms with Gasteiger partial charge in [-0.1, -0.05) is 13.0 Å². The molecule has 106 valence electrons. The monoisotopic (exact) mass is 275 g/mol. The molecule has 0 spiro atoms. The molecular weight excluding hydrogens is 258 g/mol. The number of hydrogen-bond donors (Lipinski definition) is 2. The molecule has 1 unspecified atom stereocenters. The van der Waals surface area contributed by atoms with Crippen LogP contribution in [-0.2, 0) is 4.79 Å². The third kappa shape index (κ3) is 3.26. The van der Waals surface area contributed by atoms with E-state index >= 15 is 0 Å². The van der Waals surface area contributed by atoms with Crippen molar-refractivity contribution in [1.29, 1.82) is 5.26 Å². The van der Waals surface area contributed by atoms with Crippen LogP contribution in [0.4, 0.5) is 10.5 Å². The van der Waals surface area contributed by atoms with Gasteiger partial charge in [-0.2, -0.15) is 5.26 Å². The van der Waals surface area contributed by atoms with Gasteiger partial charge < -0.3 is 10.4 Å². The summed E-state index contributed by atoms with van der Waals surface area (Å²) in [5.74, 6) is -1.09. The Kier molecular flexibility index (Phi) is 4.70. The van der Waals surface area contributed by atoms with E-state index in [-0.39, 0.29) is 6.42 Å². The molecule has 20 heavy (non-hydrogen) atoms. The van der Waals surface area contributed by atoms with E-state index in [1.54, 1.807) is 31.2 Å². The highest BCUT2D eigenvalue weighted by atomic mass is 16.4. The summed E-state index contributed by atoms with van der Waals surface area (Å²) in [7, 11) is 1.52. The van der Waals surface area contributed by atoms with Gasteiger partial charge >= 0.3 is 12.0 Å². The lowest BCUT2D eigenvalue weighted by molar-refractivity contribution is -0.143. The second-order valence-corrected chi connectivity index (χ2v) is 4.64. The van der Waals surface area contributed by atoms with E-state index in [0.717, 1.165) is 0 Å². The Balaban J connectivity index is 2.92. The quantitative estimate of drug-likeness (QED) is 0.878. The molecule has 6 heteroatoms. The second-order valence-electron chi connectivity index (χ2n) is 4.64. The van der Waals surface area contributed by atoms with Gasteiger partial charge in [0.25, 0.3) is 0 Å². The minimum Gasteiger partial charge on any atom is -0.480 e. The molecule has 0 aliphatic heterocycles. The average Bonchev–Trinajstić information content (AvgIpc) is 2.45. The Morgan fingerprint density at radius 1 is 1.50 bits per heavy atom. The molecular formula is C14H17N3O3. The first kappa shape index (κ1) is 15.5. The van der Waals surface area contributed by atoms with Crippen molar-refractivity contribution >= 4 is 17.7 Å². The highest BCUT2D eigenvalue weighted by Crippen LogP contribution is 2.16. The molecule has 6 nitrogen and oxygen atoms in total. The van der Waals surface area contributed by atoms with Crippen LogP contribution in [0.25, 0.3) is 0 Å². The highest BCUT2D eigenvalue weighted by Gasteiger charge is 2.33. The summed E-state index contributed by atoms with van der Waals surface area (Å²) in [6.07, 6.45) is 0.264. The molecule has 0 aromatic heterocycles. The average molecular weight is 275 g/mol. The van der Waals surface area contributed by atoms with Gasteiger partial charge in [-0.15, -0.1) is 0 Å². The predicted octanol–water partition coefficient (Wildman–Crippen LogP) is 1.96. The van der Waals surface area contributed by atoms with Gasteiger partial charge in [0.15, 0.2) is 0 Å². The fraction of sp³-hybridized carbons (Fsp3) is 0.357. The summed E-state index contributed by atoms with van der Waals surface area (Å²) in [6, 6.07) is 7.97. The topological polar surface area (TPSA) is 93.4 Å². The molecule has 0 saturated heterocycles. The van der Waals surface area contributed by atoms with Crippen LogP contribution < -0.4 is 10.2 Å². The molecule has 1 rings (SSSR count). The van der Waals surface area contributed by atoms with Crippen molar-refractivity contribution in [3.05, 3.63) is 29.8 Å². The Morgan fingerprint density at radius 3 is 2.65 bits per heavy atom. The van der Waals surface area contributed by atoms with Crippen molar-refractivity contribution in [1.82, 2.24) is 5.32 Å². The van der Waals surface area contributed by atoms with E-state index < -0.39 is 17.5 Å². The van der Waals surface area contributed by atoms with Crippen molar-refractivity contribution in [2.45, 2.75) is 25.8 Å². The number of aliphatic carboxylic acids is 1. The third-order valence-corrected chi connectivity index (χ3v) is 3.23. The lowest BCUT2D eigenvalue weighted by Crippen LogP contribution is -2.55. The number of carbonyl (C=O) groups excluding carboxylic acids is 1. The van der Waals surface area contributed by atoms with E-state index in [1.165, 1.54) is 18.9 Å². The van der Waals surface area contributed by atoms with Crippen molar-refractivity contribution in [3.63, 3.8) is 0 Å². The standard InChI is InChI=1S/C14H17N3O3/c1-4-14(2,12(18)19)16-13(20)17(3)11-7-5-6-10(8-11)9-15/h5-8H,4H2,1-3H3,(H,16,20)(H,18,19). The summed E-state index contributed by atoms with van der Waals surface area (Å²) in [5.41, 5.74) is -0.373. The lowest BCUT2D eigenvalue weighted by atomic mass is 10.00. The van der Waals surface area contributed by atoms with Crippen LogP contribution in [0, 0.1) is 11.3 Å². The Labute approximate surface area is 117 Å². The molecule has 0 radical (unpaired) electrons. The number of nitrogens with zero attached hydrogens (tertiary/aromatic N) is 2. The van der Waals surface area contributed by atoms with Crippen molar-refractivity contribution in [2.24, 2.45) is 0 Å². The number of urea groups is 1. The van der Waals surface area contributed by atoms with Crippen LogP contribution in [-0.4, -0.2) is 29.7 Å². The number of anilines is 1. The molecule has 0 aliphatic carbocycles. The minimum atomic E-state index is -1.32. The molecule has 2 N–H and O–H groups in total. The van der Waals surface area contributed by atoms with Gasteiger partial charge in [0, 0.05) is 12.7 Å². The fourth-order valence-electron chi connectivity index (χ4n) is 1.51. The largest absolute Gasteiger partial charge is 0.480 e. The number of nitriles is 1. The van der Waals surface area contributed by atoms with Gasteiger partial charge in [-0.3, -0.25) is 4.90 Å². The number of amides is 2. The molecule has 1 atom stereocenters. The van der Waals surface area contributed by atoms with Crippen LogP contribution in [0.3, 0.4) is 0 Å². The first-order chi connectivity index (χ1) is 9.34. The number of nitrogens with one attached hydrogen (secondary N) is 1. The van der Waals surface area contributed by atoms with Crippen molar-refractivity contribution < 1.29 is 14.7 Å². The molecule has 0 heterocycles. The smallest absolute Gasteiger partial charge is 0.329 e. The third-order valence-electron chi connectivity index (χ3n) is 3.23. The number of hydrogen-bond acceptors (Lipinski definition) is 3. The summed E-state index contributed by atoms with van der Waals surface area (Å²) in [4.78, 5) is 24.5. The maximum Gasteiger partial charge on any atom is 0.329 e. The Bertz CT molecular complexity index is 565. The number of carboxylic acids is 1. The van der Waals surface area contributed by atoms with Crippen molar-refractivity contribution in [2.75, 3.05) is 11.9 Å². The second kappa shape index (κ2) is 6.06. The van der Waals surface area contributed by atoms with Crippen LogP contribution in [0.15, 0.2) is 24.3 Å². The summed E-state index contributed by atoms with van der Waals surface area (Å²) >= 11 is 0. The highest BCUT2D eigenvalue weighted by molar-refractivity contribution is 5.95. The lowest BCUT2D eigenvalue weighted by Gasteiger charge is -2.28. The zero-order valence-electron chi connectivity index (χ0n) is 11.7. The summed E-state index contributed by atoms with van der Waals surface area (Å²) < 4.78 is 0. The number of carbonyl (C=O) groups is 2. The van der Waals surface area contributed by atoms with E-state index in [9.17, 15) is 9.59 Å². The van der Waals surface area contributed by atoms with E-state index in [1.807, 2.05) is 6.07 Å². The maximum absolute atomic E-state index is 12.1. The van der Waals surface area contributed by atoms with Gasteiger partial charge in [-0.05, 0) is 31.5 Å². The van der Waals surface area contributed by atoms with E-state index in [4.69, 9.17) is 10.4 Å². The first-order valence-electron chi connectivity index (χ1n) is 6.13. The summed E-state index contributed by atoms with van der Waals surface area (Å²) in [5, 5.41) is 20.5. The molecule has 0 fully saturated rings. The Morgan fingerprint density at radius 2 is 2.15 bits per heavy atom. The molecule has 0 bridgehead atoms. The van der Waals surface area contributed by atoms with E-state index in [2.05, 4.69) is 5.32 Å². The minimum absolute atomic E-state index is 0.264. The maximum atomic E-state index is 12.1. The molecule has 1 aromatic rings. The zero-order chi connectivity index (χ0) is 15.3. The Hall–Kier alpha value is -2.55. The molecule has 0 saturated carbocycles. The van der Waals surface area contributed by atoms with Crippen LogP contribution in [0.5, 0.6) is 0 Å². The fourth-order valence-corrected chi connectivity index (χ4v) is 1.51. The van der Waals surface area contributed by atoms with Gasteiger partial charge in [0.1, 0.15) is 5.54 Å². The SMILES string of the molecule is CCC(C)(NC(=O)N(C)c1cccc(C#N)c1)C(=O)O. The van der Waals surface area contributed by atoms with Gasteiger partial charge in [0.05, 0.1) is 11.6 Å². The van der Waals surface area contributed by atoms with Crippen LogP contribution in [0.1, 0.15) is 25.8 Å². The predicted molar refractivity (Wildman–Crippen MR) is 74.4 cm³/mol. The molecule has 0 aliphatic rings. The van der Waals surface area contributed by atoms with Gasteiger partial charge in [0.2, 0.25) is 0 Å². The number of rotatable bonds is 4. The van der Waals surface area contributed by atoms with E-state index in [0.29, 0.717) is 11.3 Å². The molecule has 1 aromatic carbocycles. The number of benzene rings is 1. The zero-order valence-corrected chi connectivity index (χ0v) is 11.7. The summed E-state index contributed by atoms with van der Waals surface area (Å²) in [6.45, 7) is 3.14. The van der Waals surface area contributed by atoms with Crippen molar-refractivity contribution in [3.8, 4) is 6.07 Å².